The maximum absolute atomic E-state index is 5.74. The molecular weight excluding hydrogens is 1970 g/mol. The van der Waals surface area contributed by atoms with E-state index >= 15 is 0 Å². The van der Waals surface area contributed by atoms with E-state index in [0.29, 0.717) is 0 Å². The average molecular weight is 2050 g/mol. The van der Waals surface area contributed by atoms with E-state index in [1.807, 2.05) is 0 Å². The van der Waals surface area contributed by atoms with Crippen LogP contribution in [0.3, 0.4) is 0 Å². The fourth-order valence-corrected chi connectivity index (χ4v) is 11.0. The van der Waals surface area contributed by atoms with Gasteiger partial charge in [0.1, 0.15) is 0 Å². The van der Waals surface area contributed by atoms with Crippen molar-refractivity contribution in [2.24, 2.45) is 0 Å². The fourth-order valence-electron chi connectivity index (χ4n) is 11.0. The molecule has 0 unspecified atom stereocenters. The van der Waals surface area contributed by atoms with Crippen molar-refractivity contribution in [3.8, 4) is 44.5 Å². The van der Waals surface area contributed by atoms with Gasteiger partial charge in [0.25, 0.3) is 0 Å². The van der Waals surface area contributed by atoms with Crippen LogP contribution in [0.5, 0.6) is 0 Å². The van der Waals surface area contributed by atoms with Gasteiger partial charge in [0.2, 0.25) is 0 Å². The first-order valence-corrected chi connectivity index (χ1v) is 39.3. The van der Waals surface area contributed by atoms with Crippen LogP contribution >= 0.6 is 37.7 Å². The van der Waals surface area contributed by atoms with Crippen molar-refractivity contribution in [1.82, 2.24) is 59.1 Å². The minimum Gasteiger partial charge on any atom is 2.00 e. The molecule has 0 N–H and O–H groups in total. The Kier molecular flexibility index (Phi) is 34.6. The number of hydrogen-bond acceptors (Lipinski definition) is 10. The number of nitrogens with zero attached hydrogens (tertiary/aromatic N) is 12. The van der Waals surface area contributed by atoms with Crippen molar-refractivity contribution in [1.29, 1.82) is 0 Å². The number of halogens is 4. The fraction of sp³-hybridized carbons (Fsp3) is 0.353. The summed E-state index contributed by atoms with van der Waals surface area (Å²) in [4.78, 5) is 40.5. The molecule has 482 valence electrons. The predicted molar refractivity (Wildman–Crippen MR) is 356 cm³/mol. The molecule has 21 heteroatoms. The third kappa shape index (κ3) is 23.0. The van der Waals surface area contributed by atoms with Gasteiger partial charge in [-0.05, 0) is 159 Å². The second kappa shape index (κ2) is 38.9. The van der Waals surface area contributed by atoms with Gasteiger partial charge >= 0.3 is 132 Å². The molecule has 89 heavy (non-hydrogen) atoms. The van der Waals surface area contributed by atoms with Gasteiger partial charge < -0.3 is 49.2 Å². The van der Waals surface area contributed by atoms with Crippen LogP contribution in [0, 0.1) is 24.3 Å². The monoisotopic (exact) mass is 2050 g/mol. The summed E-state index contributed by atoms with van der Waals surface area (Å²) < 4.78 is 0. The molecule has 2 aliphatic heterocycles. The number of fused-ring (bicyclic) bond motifs is 8. The summed E-state index contributed by atoms with van der Waals surface area (Å²) in [6, 6.07) is 41.9. The molecule has 0 saturated heterocycles. The molecule has 0 fully saturated rings. The van der Waals surface area contributed by atoms with E-state index < -0.39 is 0 Å². The van der Waals surface area contributed by atoms with Crippen molar-refractivity contribution < 1.29 is 94.6 Å². The van der Waals surface area contributed by atoms with Crippen molar-refractivity contribution in [2.75, 3.05) is 113 Å². The summed E-state index contributed by atoms with van der Waals surface area (Å²) >= 11 is 6.44. The van der Waals surface area contributed by atoms with Crippen molar-refractivity contribution in [3.05, 3.63) is 164 Å². The molecule has 0 spiro atoms. The van der Waals surface area contributed by atoms with Crippen LogP contribution in [0.2, 0.25) is 0 Å². The van der Waals surface area contributed by atoms with E-state index in [4.69, 9.17) is 19.9 Å². The first-order chi connectivity index (χ1) is 42.1. The zero-order chi connectivity index (χ0) is 65.1. The van der Waals surface area contributed by atoms with Gasteiger partial charge in [0.15, 0.2) is 0 Å². The second-order valence-corrected chi connectivity index (χ2v) is 23.9. The van der Waals surface area contributed by atoms with Gasteiger partial charge in [-0.15, -0.1) is 88.8 Å². The van der Waals surface area contributed by atoms with Crippen LogP contribution in [-0.2, 0) is 147 Å². The molecule has 2 aliphatic rings. The van der Waals surface area contributed by atoms with Crippen LogP contribution in [0.4, 0.5) is 0 Å². The van der Waals surface area contributed by atoms with Crippen molar-refractivity contribution >= 4 is 84.0 Å². The Morgan fingerprint density at radius 3 is 0.573 bits per heavy atom. The van der Waals surface area contributed by atoms with E-state index in [2.05, 4.69) is 311 Å². The van der Waals surface area contributed by atoms with Crippen LogP contribution < -0.4 is 9.97 Å². The Morgan fingerprint density at radius 2 is 0.438 bits per heavy atom. The summed E-state index contributed by atoms with van der Waals surface area (Å²) in [5.41, 5.74) is 23.3. The van der Waals surface area contributed by atoms with Gasteiger partial charge in [0.05, 0.1) is 22.8 Å². The minimum absolute atomic E-state index is 0. The molecule has 5 heterocycles. The Bertz CT molecular complexity index is 3080. The number of aromatic nitrogens is 4. The Morgan fingerprint density at radius 1 is 0.292 bits per heavy atom. The molecule has 4 aromatic carbocycles. The molecule has 0 radical (unpaired) electrons. The van der Waals surface area contributed by atoms with Crippen LogP contribution in [0.1, 0.15) is 67.3 Å². The van der Waals surface area contributed by atoms with E-state index in [9.17, 15) is 0 Å². The van der Waals surface area contributed by atoms with Crippen LogP contribution in [0.25, 0.3) is 90.9 Å². The smallest absolute Gasteiger partial charge is 2.00 e. The maximum atomic E-state index is 5.74. The number of hydrogen-bond donors (Lipinski definition) is 0. The quantitative estimate of drug-likeness (QED) is 0.0539. The summed E-state index contributed by atoms with van der Waals surface area (Å²) in [5, 5.41) is 0. The molecule has 0 amide bonds. The van der Waals surface area contributed by atoms with E-state index in [1.165, 1.54) is 0 Å². The summed E-state index contributed by atoms with van der Waals surface area (Å²) in [5.74, 6) is 0. The maximum Gasteiger partial charge on any atom is 2.00 e. The Hall–Kier alpha value is -2.30. The first-order valence-electron chi connectivity index (χ1n) is 28.0. The molecule has 12 nitrogen and oxygen atoms in total. The third-order valence-electron chi connectivity index (χ3n) is 13.6. The Labute approximate surface area is 605 Å². The average Bonchev–Trinajstić information content (AvgIpc) is 1.71. The second-order valence-electron chi connectivity index (χ2n) is 23.9. The molecule has 3 aromatic heterocycles. The van der Waals surface area contributed by atoms with Crippen LogP contribution in [0.15, 0.2) is 72.8 Å². The van der Waals surface area contributed by atoms with Crippen molar-refractivity contribution in [3.63, 3.8) is 0 Å². The van der Waals surface area contributed by atoms with Gasteiger partial charge in [-0.1, -0.05) is 24.3 Å². The molecule has 8 bridgehead atoms. The number of benzene rings is 4. The predicted octanol–water partition coefficient (Wildman–Crippen LogP) is 13.0. The molecular formula is C68H80Cl4N12Pt4Zn. The summed E-state index contributed by atoms with van der Waals surface area (Å²) in [6.45, 7) is 5.83. The largest absolute Gasteiger partial charge is 2.00 e. The van der Waals surface area contributed by atoms with E-state index in [0.717, 1.165) is 186 Å². The normalized spacial score (nSPS) is 11.7. The summed E-state index contributed by atoms with van der Waals surface area (Å²) in [7, 11) is 52.2. The zero-order valence-electron chi connectivity index (χ0n) is 53.7. The van der Waals surface area contributed by atoms with E-state index in [-0.39, 0.29) is 19.5 Å². The standard InChI is InChI=1S/C68H80N12.4ClH.4Pt.Zn/c1-73(2)37-45-25-46(38-74(3)4)30-53(29-45)65-57-17-19-59(69-57)66(54-31-47(39-75(5)6)26-48(32-54)40-76(7)8)61-21-23-63(71-61)68(56-35-51(43-79(13)14)28-52(36-56)44-80(15)16)64-24-22-62(72-64)67(60-20-18-58(65)70-60)55-33-49(41-77(9)10)27-50(34-55)42-78(11)12;;;;;;;;;/h17-24,29-36H,37-44H2,1-16H3;4*1H;;;;;/q-6;;;;;5*+2/p-4. The van der Waals surface area contributed by atoms with Gasteiger partial charge in [-0.3, -0.25) is 0 Å². The molecule has 7 aromatic rings. The summed E-state index contributed by atoms with van der Waals surface area (Å²) in [6.07, 6.45) is 8.69. The van der Waals surface area contributed by atoms with Gasteiger partial charge in [-0.25, -0.2) is 9.97 Å². The van der Waals surface area contributed by atoms with Crippen LogP contribution in [-0.4, -0.2) is 162 Å². The molecule has 0 aliphatic carbocycles. The number of rotatable bonds is 20. The SMILES string of the molecule is CN(C)Cc1[c-]c(CN(C)C)cc(-c2c3nc(c(-c4cc(CN(C)C)[c-]c(CN(C)C)c4)c4ccc([n-]4)c(-c4cc(CN(C)C)[c-]c(CN(C)C)c4)c4nc(c(-c5cc(CN(C)C)[c-]c(CN(C)C)c5)c5ccc2[n-]5)C=C4)C=C3)c1.[Cl][Pt+].[Cl][Pt+].[Cl][Pt+].[Cl][Pt+].[Zn+2]. The first kappa shape index (κ1) is 79.1. The third-order valence-corrected chi connectivity index (χ3v) is 13.6. The zero-order valence-corrected chi connectivity index (χ0v) is 68.8. The minimum atomic E-state index is 0. The van der Waals surface area contributed by atoms with Gasteiger partial charge in [0, 0.05) is 52.4 Å². The van der Waals surface area contributed by atoms with Crippen molar-refractivity contribution in [2.45, 2.75) is 52.4 Å². The topological polar surface area (TPSA) is 79.9 Å². The molecule has 9 rings (SSSR count). The molecule has 0 atom stereocenters. The Balaban J connectivity index is 0.00000181. The van der Waals surface area contributed by atoms with E-state index in [1.54, 1.807) is 75.1 Å². The van der Waals surface area contributed by atoms with Gasteiger partial charge in [-0.2, -0.15) is 72.8 Å². The molecule has 0 saturated carbocycles.